The van der Waals surface area contributed by atoms with Crippen molar-refractivity contribution in [1.29, 1.82) is 5.41 Å². The van der Waals surface area contributed by atoms with Crippen LogP contribution in [0, 0.1) is 18.3 Å². The van der Waals surface area contributed by atoms with Gasteiger partial charge in [0, 0.05) is 36.2 Å². The molecule has 1 aliphatic heterocycles. The molecule has 164 valence electrons. The van der Waals surface area contributed by atoms with Crippen molar-refractivity contribution in [2.24, 2.45) is 11.7 Å². The van der Waals surface area contributed by atoms with Gasteiger partial charge in [0.2, 0.25) is 0 Å². The van der Waals surface area contributed by atoms with Crippen LogP contribution in [0.5, 0.6) is 0 Å². The average Bonchev–Trinajstić information content (AvgIpc) is 3.10. The van der Waals surface area contributed by atoms with Crippen LogP contribution >= 0.6 is 0 Å². The quantitative estimate of drug-likeness (QED) is 0.563. The van der Waals surface area contributed by atoms with E-state index in [1.54, 1.807) is 0 Å². The van der Waals surface area contributed by atoms with Crippen LogP contribution in [0.4, 0.5) is 13.2 Å². The third-order valence-corrected chi connectivity index (χ3v) is 6.84. The van der Waals surface area contributed by atoms with Crippen molar-refractivity contribution in [1.82, 2.24) is 19.5 Å². The Hall–Kier alpha value is -2.32. The van der Waals surface area contributed by atoms with Crippen LogP contribution in [0.15, 0.2) is 12.1 Å². The van der Waals surface area contributed by atoms with Gasteiger partial charge in [0.25, 0.3) is 0 Å². The number of alkyl halides is 3. The number of guanidine groups is 1. The Bertz CT molecular complexity index is 944. The molecular formula is C21H29F3N6. The number of aromatic nitrogens is 3. The van der Waals surface area contributed by atoms with E-state index in [1.165, 1.54) is 0 Å². The van der Waals surface area contributed by atoms with Gasteiger partial charge in [-0.3, -0.25) is 5.41 Å². The molecule has 3 N–H and O–H groups in total. The van der Waals surface area contributed by atoms with E-state index in [4.69, 9.17) is 16.2 Å². The Morgan fingerprint density at radius 3 is 2.57 bits per heavy atom. The molecule has 6 nitrogen and oxygen atoms in total. The zero-order chi connectivity index (χ0) is 21.7. The highest BCUT2D eigenvalue weighted by Gasteiger charge is 2.42. The Labute approximate surface area is 174 Å². The fraction of sp³-hybridized carbons (Fsp3) is 0.667. The van der Waals surface area contributed by atoms with Gasteiger partial charge in [-0.1, -0.05) is 6.92 Å². The van der Waals surface area contributed by atoms with E-state index < -0.39 is 12.1 Å². The molecule has 0 amide bonds. The Kier molecular flexibility index (Phi) is 5.18. The second-order valence-corrected chi connectivity index (χ2v) is 9.18. The summed E-state index contributed by atoms with van der Waals surface area (Å²) in [4.78, 5) is 6.51. The number of piperidine rings is 1. The monoisotopic (exact) mass is 422 g/mol. The summed E-state index contributed by atoms with van der Waals surface area (Å²) in [5, 5.41) is 12.6. The van der Waals surface area contributed by atoms with Gasteiger partial charge < -0.3 is 10.6 Å². The minimum atomic E-state index is -4.10. The molecule has 2 aliphatic rings. The van der Waals surface area contributed by atoms with Crippen LogP contribution in [-0.4, -0.2) is 44.7 Å². The smallest absolute Gasteiger partial charge is 0.370 e. The molecule has 30 heavy (non-hydrogen) atoms. The minimum absolute atomic E-state index is 0.0336. The number of nitrogens with zero attached hydrogens (tertiary/aromatic N) is 4. The van der Waals surface area contributed by atoms with Crippen LogP contribution in [0.25, 0.3) is 5.65 Å². The zero-order valence-electron chi connectivity index (χ0n) is 17.5. The number of nitrogens with one attached hydrogen (secondary N) is 1. The molecule has 0 radical (unpaired) electrons. The summed E-state index contributed by atoms with van der Waals surface area (Å²) in [6.45, 7) is 5.50. The molecule has 2 fully saturated rings. The van der Waals surface area contributed by atoms with Gasteiger partial charge in [0.05, 0.1) is 17.3 Å². The maximum absolute atomic E-state index is 13.0. The van der Waals surface area contributed by atoms with E-state index in [0.29, 0.717) is 19.4 Å². The highest BCUT2D eigenvalue weighted by Crippen LogP contribution is 2.43. The second kappa shape index (κ2) is 7.42. The number of likely N-dealkylation sites (tertiary alicyclic amines) is 1. The summed E-state index contributed by atoms with van der Waals surface area (Å²) in [6, 6.07) is 3.97. The van der Waals surface area contributed by atoms with E-state index in [-0.39, 0.29) is 30.1 Å². The minimum Gasteiger partial charge on any atom is -0.370 e. The summed E-state index contributed by atoms with van der Waals surface area (Å²) in [7, 11) is 0. The van der Waals surface area contributed by atoms with Gasteiger partial charge in [0.1, 0.15) is 0 Å². The number of aryl methyl sites for hydroxylation is 1. The van der Waals surface area contributed by atoms with E-state index in [2.05, 4.69) is 11.9 Å². The number of halogens is 3. The number of hydrogen-bond donors (Lipinski definition) is 2. The number of hydrogen-bond acceptors (Lipinski definition) is 3. The SMILES string of the molecule is Cc1cc([C@]2(C)CCCN(C(=N)N)C2)n2nc([C@H]3CC[C@H](C(F)(F)F)CC3)cc2n1. The normalized spacial score (nSPS) is 28.1. The fourth-order valence-corrected chi connectivity index (χ4v) is 5.12. The van der Waals surface area contributed by atoms with Crippen molar-refractivity contribution in [3.05, 3.63) is 29.2 Å². The molecule has 0 bridgehead atoms. The highest BCUT2D eigenvalue weighted by molar-refractivity contribution is 5.74. The summed E-state index contributed by atoms with van der Waals surface area (Å²) in [5.74, 6) is -1.09. The molecule has 1 saturated carbocycles. The fourth-order valence-electron chi connectivity index (χ4n) is 5.12. The summed E-state index contributed by atoms with van der Waals surface area (Å²) in [5.41, 5.74) is 8.97. The maximum Gasteiger partial charge on any atom is 0.391 e. The number of rotatable bonds is 2. The van der Waals surface area contributed by atoms with Crippen molar-refractivity contribution < 1.29 is 13.2 Å². The summed E-state index contributed by atoms with van der Waals surface area (Å²) >= 11 is 0. The third kappa shape index (κ3) is 3.86. The first-order valence-corrected chi connectivity index (χ1v) is 10.6. The van der Waals surface area contributed by atoms with Gasteiger partial charge in [-0.25, -0.2) is 9.50 Å². The predicted octanol–water partition coefficient (Wildman–Crippen LogP) is 4.12. The van der Waals surface area contributed by atoms with Crippen molar-refractivity contribution in [2.45, 2.75) is 69.9 Å². The van der Waals surface area contributed by atoms with E-state index in [0.717, 1.165) is 42.1 Å². The van der Waals surface area contributed by atoms with Crippen LogP contribution in [0.3, 0.4) is 0 Å². The molecule has 0 aromatic carbocycles. The van der Waals surface area contributed by atoms with Gasteiger partial charge in [-0.15, -0.1) is 0 Å². The van der Waals surface area contributed by atoms with Crippen LogP contribution < -0.4 is 5.73 Å². The first kappa shape index (κ1) is 20.9. The van der Waals surface area contributed by atoms with E-state index in [1.807, 2.05) is 28.5 Å². The molecule has 1 saturated heterocycles. The van der Waals surface area contributed by atoms with Gasteiger partial charge >= 0.3 is 6.18 Å². The van der Waals surface area contributed by atoms with Gasteiger partial charge in [-0.2, -0.15) is 18.3 Å². The Morgan fingerprint density at radius 1 is 1.23 bits per heavy atom. The molecule has 0 spiro atoms. The largest absolute Gasteiger partial charge is 0.391 e. The maximum atomic E-state index is 13.0. The van der Waals surface area contributed by atoms with Gasteiger partial charge in [0.15, 0.2) is 11.6 Å². The first-order valence-electron chi connectivity index (χ1n) is 10.6. The Morgan fingerprint density at radius 2 is 1.93 bits per heavy atom. The topological polar surface area (TPSA) is 83.3 Å². The molecule has 1 aliphatic carbocycles. The van der Waals surface area contributed by atoms with Crippen molar-refractivity contribution >= 4 is 11.6 Å². The van der Waals surface area contributed by atoms with Crippen molar-refractivity contribution in [2.75, 3.05) is 13.1 Å². The van der Waals surface area contributed by atoms with Crippen LogP contribution in [0.2, 0.25) is 0 Å². The summed E-state index contributed by atoms with van der Waals surface area (Å²) < 4.78 is 40.9. The lowest BCUT2D eigenvalue weighted by molar-refractivity contribution is -0.182. The lowest BCUT2D eigenvalue weighted by Gasteiger charge is -2.41. The van der Waals surface area contributed by atoms with E-state index >= 15 is 0 Å². The zero-order valence-corrected chi connectivity index (χ0v) is 17.5. The molecule has 0 unspecified atom stereocenters. The van der Waals surface area contributed by atoms with Crippen LogP contribution in [0.1, 0.15) is 68.4 Å². The summed E-state index contributed by atoms with van der Waals surface area (Å²) in [6.07, 6.45) is -0.918. The molecule has 1 atom stereocenters. The molecule has 9 heteroatoms. The van der Waals surface area contributed by atoms with Gasteiger partial charge in [-0.05, 0) is 51.5 Å². The standard InChI is InChI=1S/C21H29F3N6/c1-13-10-17(20(2)8-3-9-29(12-20)19(25)26)30-18(27-13)11-16(28-30)14-4-6-15(7-5-14)21(22,23)24/h10-11,14-15H,3-9,12H2,1-2H3,(H3,25,26)/t14-,15-,20-/m1/s1. The average molecular weight is 422 g/mol. The lowest BCUT2D eigenvalue weighted by atomic mass is 9.78. The molecule has 2 aromatic heterocycles. The lowest BCUT2D eigenvalue weighted by Crippen LogP contribution is -2.50. The van der Waals surface area contributed by atoms with Crippen molar-refractivity contribution in [3.8, 4) is 0 Å². The molecule has 2 aromatic rings. The molecular weight excluding hydrogens is 393 g/mol. The number of nitrogens with two attached hydrogens (primary N) is 1. The second-order valence-electron chi connectivity index (χ2n) is 9.18. The Balaban J connectivity index is 1.65. The third-order valence-electron chi connectivity index (χ3n) is 6.84. The van der Waals surface area contributed by atoms with E-state index in [9.17, 15) is 13.2 Å². The van der Waals surface area contributed by atoms with Crippen molar-refractivity contribution in [3.63, 3.8) is 0 Å². The molecule has 4 rings (SSSR count). The first-order chi connectivity index (χ1) is 14.1. The predicted molar refractivity (Wildman–Crippen MR) is 109 cm³/mol. The van der Waals surface area contributed by atoms with Crippen LogP contribution in [-0.2, 0) is 5.41 Å². The molecule has 3 heterocycles. The highest BCUT2D eigenvalue weighted by atomic mass is 19.4. The number of fused-ring (bicyclic) bond motifs is 1.